The van der Waals surface area contributed by atoms with Gasteiger partial charge in [-0.1, -0.05) is 11.2 Å². The molecule has 7 heteroatoms. The van der Waals surface area contributed by atoms with E-state index < -0.39 is 11.5 Å². The van der Waals surface area contributed by atoms with Crippen molar-refractivity contribution >= 4 is 17.3 Å². The lowest BCUT2D eigenvalue weighted by Crippen LogP contribution is -2.54. The molecule has 3 heterocycles. The minimum Gasteiger partial charge on any atom is -0.480 e. The Morgan fingerprint density at radius 1 is 1.57 bits per heavy atom. The first-order valence-corrected chi connectivity index (χ1v) is 7.82. The van der Waals surface area contributed by atoms with Crippen LogP contribution in [0.15, 0.2) is 22.0 Å². The highest BCUT2D eigenvalue weighted by atomic mass is 32.1. The number of likely N-dealkylation sites (tertiary alicyclic amines) is 1. The maximum absolute atomic E-state index is 11.6. The van der Waals surface area contributed by atoms with Gasteiger partial charge in [-0.05, 0) is 44.2 Å². The zero-order chi connectivity index (χ0) is 14.9. The number of carboxylic acids is 1. The van der Waals surface area contributed by atoms with E-state index in [1.165, 1.54) is 0 Å². The lowest BCUT2D eigenvalue weighted by atomic mass is 9.88. The number of hydrogen-bond acceptors (Lipinski definition) is 6. The molecule has 1 unspecified atom stereocenters. The maximum atomic E-state index is 11.6. The van der Waals surface area contributed by atoms with Gasteiger partial charge in [-0.15, -0.1) is 11.3 Å². The predicted molar refractivity (Wildman–Crippen MR) is 77.9 cm³/mol. The minimum absolute atomic E-state index is 0.376. The van der Waals surface area contributed by atoms with Crippen LogP contribution in [0.4, 0.5) is 0 Å². The van der Waals surface area contributed by atoms with Gasteiger partial charge in [0.1, 0.15) is 5.54 Å². The first-order valence-electron chi connectivity index (χ1n) is 6.94. The Labute approximate surface area is 126 Å². The van der Waals surface area contributed by atoms with Crippen LogP contribution in [0, 0.1) is 0 Å². The number of thiophene rings is 1. The average Bonchev–Trinajstić information content (AvgIpc) is 3.12. The first kappa shape index (κ1) is 14.2. The summed E-state index contributed by atoms with van der Waals surface area (Å²) in [4.78, 5) is 18.8. The van der Waals surface area contributed by atoms with Crippen molar-refractivity contribution in [1.82, 2.24) is 15.0 Å². The van der Waals surface area contributed by atoms with Gasteiger partial charge in [-0.25, -0.2) is 0 Å². The normalized spacial score (nSPS) is 23.3. The molecule has 0 bridgehead atoms. The van der Waals surface area contributed by atoms with Crippen molar-refractivity contribution in [2.24, 2.45) is 0 Å². The Bertz CT molecular complexity index is 625. The molecule has 1 aliphatic heterocycles. The molecule has 1 N–H and O–H groups in total. The van der Waals surface area contributed by atoms with Crippen molar-refractivity contribution in [2.75, 3.05) is 6.54 Å². The summed E-state index contributed by atoms with van der Waals surface area (Å²) in [5.74, 6) is 0.238. The van der Waals surface area contributed by atoms with E-state index >= 15 is 0 Å². The number of hydrogen-bond donors (Lipinski definition) is 1. The third-order valence-corrected chi connectivity index (χ3v) is 4.90. The lowest BCUT2D eigenvalue weighted by molar-refractivity contribution is -0.153. The van der Waals surface area contributed by atoms with E-state index in [1.54, 1.807) is 18.3 Å². The molecular formula is C14H17N3O3S. The average molecular weight is 307 g/mol. The molecule has 0 aromatic carbocycles. The van der Waals surface area contributed by atoms with Gasteiger partial charge in [0.05, 0.1) is 11.4 Å². The molecule has 0 amide bonds. The number of carbonyl (C=O) groups is 1. The van der Waals surface area contributed by atoms with Gasteiger partial charge >= 0.3 is 5.97 Å². The second-order valence-corrected chi connectivity index (χ2v) is 6.39. The van der Waals surface area contributed by atoms with E-state index in [2.05, 4.69) is 10.1 Å². The van der Waals surface area contributed by atoms with Gasteiger partial charge < -0.3 is 9.63 Å². The molecule has 1 atom stereocenters. The third-order valence-electron chi connectivity index (χ3n) is 4.04. The molecule has 1 fully saturated rings. The Kier molecular flexibility index (Phi) is 3.77. The van der Waals surface area contributed by atoms with Crippen molar-refractivity contribution < 1.29 is 14.4 Å². The summed E-state index contributed by atoms with van der Waals surface area (Å²) in [5.41, 5.74) is -0.851. The first-order chi connectivity index (χ1) is 10.1. The van der Waals surface area contributed by atoms with E-state index in [0.29, 0.717) is 24.7 Å². The molecule has 1 saturated heterocycles. The van der Waals surface area contributed by atoms with Crippen molar-refractivity contribution in [3.63, 3.8) is 0 Å². The molecule has 112 valence electrons. The summed E-state index contributed by atoms with van der Waals surface area (Å²) in [6, 6.07) is 3.86. The summed E-state index contributed by atoms with van der Waals surface area (Å²) in [6.45, 7) is 2.88. The van der Waals surface area contributed by atoms with Crippen molar-refractivity contribution in [1.29, 1.82) is 0 Å². The fourth-order valence-corrected chi connectivity index (χ4v) is 3.31. The van der Waals surface area contributed by atoms with Crippen LogP contribution >= 0.6 is 11.3 Å². The highest BCUT2D eigenvalue weighted by Crippen LogP contribution is 2.30. The van der Waals surface area contributed by atoms with Gasteiger partial charge in [0.25, 0.3) is 0 Å². The minimum atomic E-state index is -0.851. The molecule has 2 aromatic heterocycles. The van der Waals surface area contributed by atoms with Crippen molar-refractivity contribution in [3.05, 3.63) is 23.4 Å². The van der Waals surface area contributed by atoms with Crippen LogP contribution in [0.2, 0.25) is 0 Å². The van der Waals surface area contributed by atoms with Gasteiger partial charge in [-0.2, -0.15) is 4.98 Å². The second kappa shape index (κ2) is 5.57. The van der Waals surface area contributed by atoms with Crippen LogP contribution < -0.4 is 0 Å². The van der Waals surface area contributed by atoms with Crippen molar-refractivity contribution in [2.45, 2.75) is 38.3 Å². The van der Waals surface area contributed by atoms with Crippen LogP contribution in [0.1, 0.15) is 32.1 Å². The number of rotatable bonds is 4. The Balaban J connectivity index is 1.78. The van der Waals surface area contributed by atoms with Crippen LogP contribution in [-0.2, 0) is 11.3 Å². The van der Waals surface area contributed by atoms with E-state index in [1.807, 2.05) is 22.4 Å². The molecule has 3 rings (SSSR count). The highest BCUT2D eigenvalue weighted by Gasteiger charge is 2.41. The van der Waals surface area contributed by atoms with E-state index in [4.69, 9.17) is 4.52 Å². The monoisotopic (exact) mass is 307 g/mol. The standard InChI is InChI=1S/C14H17N3O3S/c1-14(13(18)19)6-2-3-7-17(14)9-11-15-12(16-20-11)10-5-4-8-21-10/h4-5,8H,2-3,6-7,9H2,1H3,(H,18,19). The smallest absolute Gasteiger partial charge is 0.323 e. The number of aromatic nitrogens is 2. The Hall–Kier alpha value is -1.73. The number of carboxylic acid groups (broad SMARTS) is 1. The Morgan fingerprint density at radius 2 is 2.43 bits per heavy atom. The van der Waals surface area contributed by atoms with Gasteiger partial charge in [0.2, 0.25) is 11.7 Å². The molecule has 6 nitrogen and oxygen atoms in total. The summed E-state index contributed by atoms with van der Waals surface area (Å²) >= 11 is 1.55. The molecule has 0 saturated carbocycles. The number of piperidine rings is 1. The van der Waals surface area contributed by atoms with Crippen LogP contribution in [0.3, 0.4) is 0 Å². The molecule has 0 aliphatic carbocycles. The van der Waals surface area contributed by atoms with E-state index in [9.17, 15) is 9.90 Å². The zero-order valence-electron chi connectivity index (χ0n) is 11.8. The van der Waals surface area contributed by atoms with E-state index in [-0.39, 0.29) is 0 Å². The quantitative estimate of drug-likeness (QED) is 0.935. The second-order valence-electron chi connectivity index (χ2n) is 5.45. The highest BCUT2D eigenvalue weighted by molar-refractivity contribution is 7.13. The van der Waals surface area contributed by atoms with Crippen molar-refractivity contribution in [3.8, 4) is 10.7 Å². The molecule has 2 aromatic rings. The zero-order valence-corrected chi connectivity index (χ0v) is 12.6. The lowest BCUT2D eigenvalue weighted by Gasteiger charge is -2.40. The fourth-order valence-electron chi connectivity index (χ4n) is 2.66. The molecule has 1 aliphatic rings. The number of aliphatic carboxylic acids is 1. The van der Waals surface area contributed by atoms with E-state index in [0.717, 1.165) is 24.3 Å². The van der Waals surface area contributed by atoms with Crippen LogP contribution in [-0.4, -0.2) is 38.2 Å². The largest absolute Gasteiger partial charge is 0.480 e. The summed E-state index contributed by atoms with van der Waals surface area (Å²) in [5, 5.41) is 15.4. The topological polar surface area (TPSA) is 79.5 Å². The Morgan fingerprint density at radius 3 is 3.14 bits per heavy atom. The molecular weight excluding hydrogens is 290 g/mol. The third kappa shape index (κ3) is 2.71. The summed E-state index contributed by atoms with van der Waals surface area (Å²) in [6.07, 6.45) is 2.58. The van der Waals surface area contributed by atoms with Gasteiger partial charge in [0, 0.05) is 0 Å². The van der Waals surface area contributed by atoms with Gasteiger partial charge in [0.15, 0.2) is 0 Å². The predicted octanol–water partition coefficient (Wildman–Crippen LogP) is 2.63. The summed E-state index contributed by atoms with van der Waals surface area (Å²) < 4.78 is 5.28. The SMILES string of the molecule is CC1(C(=O)O)CCCCN1Cc1nc(-c2cccs2)no1. The molecule has 0 radical (unpaired) electrons. The number of nitrogens with zero attached hydrogens (tertiary/aromatic N) is 3. The molecule has 21 heavy (non-hydrogen) atoms. The fraction of sp³-hybridized carbons (Fsp3) is 0.500. The van der Waals surface area contributed by atoms with Crippen LogP contribution in [0.25, 0.3) is 10.7 Å². The molecule has 0 spiro atoms. The summed E-state index contributed by atoms with van der Waals surface area (Å²) in [7, 11) is 0. The van der Waals surface area contributed by atoms with Crippen LogP contribution in [0.5, 0.6) is 0 Å². The maximum Gasteiger partial charge on any atom is 0.323 e. The van der Waals surface area contributed by atoms with Gasteiger partial charge in [-0.3, -0.25) is 9.69 Å².